The van der Waals surface area contributed by atoms with E-state index in [4.69, 9.17) is 10.5 Å². The van der Waals surface area contributed by atoms with Crippen LogP contribution < -0.4 is 5.73 Å². The molecule has 1 aliphatic rings. The summed E-state index contributed by atoms with van der Waals surface area (Å²) in [7, 11) is 2.14. The Labute approximate surface area is 117 Å². The Balaban J connectivity index is 1.94. The first kappa shape index (κ1) is 14.0. The third-order valence-electron chi connectivity index (χ3n) is 3.60. The maximum Gasteiger partial charge on any atom is 0.0624 e. The van der Waals surface area contributed by atoms with Gasteiger partial charge >= 0.3 is 0 Å². The van der Waals surface area contributed by atoms with E-state index < -0.39 is 0 Å². The summed E-state index contributed by atoms with van der Waals surface area (Å²) < 4.78 is 6.61. The predicted molar refractivity (Wildman–Crippen MR) is 77.4 cm³/mol. The van der Waals surface area contributed by atoms with Gasteiger partial charge in [0.15, 0.2) is 0 Å². The molecule has 2 N–H and O–H groups in total. The fraction of sp³-hybridized carbons (Fsp3) is 0.571. The molecule has 1 aliphatic heterocycles. The molecule has 2 atom stereocenters. The molecule has 0 amide bonds. The van der Waals surface area contributed by atoms with Gasteiger partial charge in [-0.25, -0.2) is 0 Å². The van der Waals surface area contributed by atoms with Gasteiger partial charge < -0.3 is 15.4 Å². The van der Waals surface area contributed by atoms with Crippen LogP contribution in [0.2, 0.25) is 0 Å². The van der Waals surface area contributed by atoms with Crippen molar-refractivity contribution in [1.29, 1.82) is 0 Å². The van der Waals surface area contributed by atoms with Crippen LogP contribution in [0.15, 0.2) is 28.7 Å². The Morgan fingerprint density at radius 1 is 1.56 bits per heavy atom. The Kier molecular flexibility index (Phi) is 4.43. The molecule has 0 saturated carbocycles. The molecular formula is C14H21BrN2O. The van der Waals surface area contributed by atoms with E-state index in [2.05, 4.69) is 53.0 Å². The minimum absolute atomic E-state index is 0.0702. The lowest BCUT2D eigenvalue weighted by molar-refractivity contribution is 0.128. The summed E-state index contributed by atoms with van der Waals surface area (Å²) in [6.07, 6.45) is 0. The van der Waals surface area contributed by atoms with Crippen LogP contribution in [-0.4, -0.2) is 37.7 Å². The highest BCUT2D eigenvalue weighted by molar-refractivity contribution is 9.10. The number of ether oxygens (including phenoxy) is 1. The molecule has 0 aromatic heterocycles. The first-order valence-electron chi connectivity index (χ1n) is 6.26. The van der Waals surface area contributed by atoms with E-state index in [-0.39, 0.29) is 11.5 Å². The number of halogens is 1. The zero-order chi connectivity index (χ0) is 13.2. The van der Waals surface area contributed by atoms with Crippen molar-refractivity contribution >= 4 is 15.9 Å². The van der Waals surface area contributed by atoms with Gasteiger partial charge in [-0.2, -0.15) is 0 Å². The van der Waals surface area contributed by atoms with Gasteiger partial charge in [0, 0.05) is 29.0 Å². The highest BCUT2D eigenvalue weighted by atomic mass is 79.9. The molecule has 1 aromatic rings. The molecule has 0 bridgehead atoms. The number of hydrogen-bond acceptors (Lipinski definition) is 3. The average Bonchev–Trinajstić information content (AvgIpc) is 2.58. The molecule has 3 nitrogen and oxygen atoms in total. The number of hydrogen-bond donors (Lipinski definition) is 1. The maximum absolute atomic E-state index is 6.12. The van der Waals surface area contributed by atoms with E-state index in [0.717, 1.165) is 24.2 Å². The van der Waals surface area contributed by atoms with E-state index in [9.17, 15) is 0 Å². The second kappa shape index (κ2) is 5.70. The highest BCUT2D eigenvalue weighted by Crippen LogP contribution is 2.28. The normalized spacial score (nSPS) is 27.9. The van der Waals surface area contributed by atoms with Crippen LogP contribution in [0.1, 0.15) is 12.5 Å². The Hall–Kier alpha value is -0.420. The SMILES string of the molecule is CN(Cc1cccc(Br)c1)CC1(C)COCC1N. The molecule has 18 heavy (non-hydrogen) atoms. The molecule has 1 saturated heterocycles. The standard InChI is InChI=1S/C14H21BrN2O/c1-14(10-18-8-13(14)16)9-17(2)7-11-4-3-5-12(15)6-11/h3-6,13H,7-10,16H2,1-2H3. The van der Waals surface area contributed by atoms with Crippen molar-refractivity contribution in [2.24, 2.45) is 11.1 Å². The smallest absolute Gasteiger partial charge is 0.0624 e. The van der Waals surface area contributed by atoms with Gasteiger partial charge in [0.1, 0.15) is 0 Å². The largest absolute Gasteiger partial charge is 0.379 e. The summed E-state index contributed by atoms with van der Waals surface area (Å²) in [5.74, 6) is 0. The van der Waals surface area contributed by atoms with E-state index >= 15 is 0 Å². The van der Waals surface area contributed by atoms with Crippen molar-refractivity contribution in [3.8, 4) is 0 Å². The quantitative estimate of drug-likeness (QED) is 0.926. The lowest BCUT2D eigenvalue weighted by Crippen LogP contribution is -2.45. The number of rotatable bonds is 4. The van der Waals surface area contributed by atoms with Gasteiger partial charge in [-0.3, -0.25) is 0 Å². The molecule has 2 unspecified atom stereocenters. The number of benzene rings is 1. The van der Waals surface area contributed by atoms with Gasteiger partial charge in [0.2, 0.25) is 0 Å². The maximum atomic E-state index is 6.12. The van der Waals surface area contributed by atoms with Crippen LogP contribution in [-0.2, 0) is 11.3 Å². The number of nitrogens with zero attached hydrogens (tertiary/aromatic N) is 1. The zero-order valence-electron chi connectivity index (χ0n) is 11.0. The summed E-state index contributed by atoms with van der Waals surface area (Å²) in [6, 6.07) is 8.56. The van der Waals surface area contributed by atoms with Crippen molar-refractivity contribution in [3.63, 3.8) is 0 Å². The minimum Gasteiger partial charge on any atom is -0.379 e. The predicted octanol–water partition coefficient (Wildman–Crippen LogP) is 2.24. The summed E-state index contributed by atoms with van der Waals surface area (Å²) in [6.45, 7) is 5.54. The van der Waals surface area contributed by atoms with Crippen molar-refractivity contribution in [2.45, 2.75) is 19.5 Å². The van der Waals surface area contributed by atoms with Gasteiger partial charge in [0.25, 0.3) is 0 Å². The second-order valence-electron chi connectivity index (χ2n) is 5.58. The number of nitrogens with two attached hydrogens (primary N) is 1. The summed E-state index contributed by atoms with van der Waals surface area (Å²) >= 11 is 3.50. The van der Waals surface area contributed by atoms with E-state index in [0.29, 0.717) is 6.61 Å². The lowest BCUT2D eigenvalue weighted by Gasteiger charge is -2.32. The van der Waals surface area contributed by atoms with E-state index in [1.54, 1.807) is 0 Å². The first-order valence-corrected chi connectivity index (χ1v) is 7.05. The van der Waals surface area contributed by atoms with Crippen molar-refractivity contribution < 1.29 is 4.74 Å². The van der Waals surface area contributed by atoms with Gasteiger partial charge in [-0.05, 0) is 24.7 Å². The third kappa shape index (κ3) is 3.32. The topological polar surface area (TPSA) is 38.5 Å². The molecule has 4 heteroatoms. The molecule has 100 valence electrons. The van der Waals surface area contributed by atoms with Crippen LogP contribution in [0.3, 0.4) is 0 Å². The molecule has 1 fully saturated rings. The molecule has 0 spiro atoms. The summed E-state index contributed by atoms with van der Waals surface area (Å²) in [5, 5.41) is 0. The molecule has 0 radical (unpaired) electrons. The fourth-order valence-corrected chi connectivity index (χ4v) is 2.96. The first-order chi connectivity index (χ1) is 8.49. The van der Waals surface area contributed by atoms with Gasteiger partial charge in [0.05, 0.1) is 13.2 Å². The average molecular weight is 313 g/mol. The molecule has 1 heterocycles. The van der Waals surface area contributed by atoms with Crippen molar-refractivity contribution in [1.82, 2.24) is 4.90 Å². The van der Waals surface area contributed by atoms with Crippen LogP contribution in [0.4, 0.5) is 0 Å². The Morgan fingerprint density at radius 2 is 2.33 bits per heavy atom. The van der Waals surface area contributed by atoms with Crippen LogP contribution in [0.25, 0.3) is 0 Å². The zero-order valence-corrected chi connectivity index (χ0v) is 12.6. The van der Waals surface area contributed by atoms with Crippen LogP contribution >= 0.6 is 15.9 Å². The van der Waals surface area contributed by atoms with Crippen LogP contribution in [0, 0.1) is 5.41 Å². The van der Waals surface area contributed by atoms with Crippen molar-refractivity contribution in [2.75, 3.05) is 26.8 Å². The highest BCUT2D eigenvalue weighted by Gasteiger charge is 2.38. The molecular weight excluding hydrogens is 292 g/mol. The van der Waals surface area contributed by atoms with E-state index in [1.165, 1.54) is 5.56 Å². The summed E-state index contributed by atoms with van der Waals surface area (Å²) in [5.41, 5.74) is 7.50. The van der Waals surface area contributed by atoms with Gasteiger partial charge in [-0.15, -0.1) is 0 Å². The van der Waals surface area contributed by atoms with Gasteiger partial charge in [-0.1, -0.05) is 35.0 Å². The second-order valence-corrected chi connectivity index (χ2v) is 6.49. The van der Waals surface area contributed by atoms with Crippen molar-refractivity contribution in [3.05, 3.63) is 34.3 Å². The fourth-order valence-electron chi connectivity index (χ4n) is 2.51. The Morgan fingerprint density at radius 3 is 2.94 bits per heavy atom. The molecule has 1 aromatic carbocycles. The van der Waals surface area contributed by atoms with E-state index in [1.807, 2.05) is 6.07 Å². The lowest BCUT2D eigenvalue weighted by atomic mass is 9.85. The third-order valence-corrected chi connectivity index (χ3v) is 4.09. The Bertz CT molecular complexity index is 413. The monoisotopic (exact) mass is 312 g/mol. The minimum atomic E-state index is 0.0702. The summed E-state index contributed by atoms with van der Waals surface area (Å²) in [4.78, 5) is 2.32. The van der Waals surface area contributed by atoms with Crippen LogP contribution in [0.5, 0.6) is 0 Å². The molecule has 2 rings (SSSR count). The molecule has 0 aliphatic carbocycles.